The molecule has 0 saturated carbocycles. The van der Waals surface area contributed by atoms with E-state index in [0.29, 0.717) is 12.0 Å². The summed E-state index contributed by atoms with van der Waals surface area (Å²) < 4.78 is 5.75. The molecule has 0 amide bonds. The van der Waals surface area contributed by atoms with Crippen LogP contribution in [0.3, 0.4) is 0 Å². The Hall–Kier alpha value is -1.06. The molecular weight excluding hydrogens is 236 g/mol. The zero-order valence-electron chi connectivity index (χ0n) is 11.6. The molecule has 3 nitrogen and oxygen atoms in total. The van der Waals surface area contributed by atoms with Crippen LogP contribution in [0, 0.1) is 0 Å². The molecule has 0 aromatic heterocycles. The Balaban J connectivity index is 1.61. The third-order valence-electron chi connectivity index (χ3n) is 4.37. The van der Waals surface area contributed by atoms with Gasteiger partial charge in [0.25, 0.3) is 0 Å². The summed E-state index contributed by atoms with van der Waals surface area (Å²) in [6.45, 7) is 4.44. The van der Waals surface area contributed by atoms with Crippen LogP contribution < -0.4 is 5.73 Å². The lowest BCUT2D eigenvalue weighted by Crippen LogP contribution is -2.39. The molecule has 3 heteroatoms. The van der Waals surface area contributed by atoms with Crippen molar-refractivity contribution >= 4 is 5.69 Å². The highest BCUT2D eigenvalue weighted by Gasteiger charge is 2.25. The Bertz CT molecular complexity index is 415. The maximum atomic E-state index is 5.90. The molecule has 0 bridgehead atoms. The number of nitrogens with two attached hydrogens (primary N) is 1. The van der Waals surface area contributed by atoms with Gasteiger partial charge in [-0.3, -0.25) is 0 Å². The minimum atomic E-state index is 0.472. The zero-order chi connectivity index (χ0) is 13.1. The number of rotatable bonds is 3. The van der Waals surface area contributed by atoms with Crippen molar-refractivity contribution in [1.82, 2.24) is 4.90 Å². The van der Waals surface area contributed by atoms with Gasteiger partial charge >= 0.3 is 0 Å². The van der Waals surface area contributed by atoms with Crippen LogP contribution >= 0.6 is 0 Å². The molecule has 0 spiro atoms. The standard InChI is InChI=1S/C16H24N2O/c17-15-6-1-4-13(10-15)14-5-2-8-18(11-14)12-16-7-3-9-19-16/h1,4,6,10,14,16H,2-3,5,7-9,11-12,17H2. The number of nitrogen functional groups attached to an aromatic ring is 1. The van der Waals surface area contributed by atoms with Crippen LogP contribution in [0.2, 0.25) is 0 Å². The largest absolute Gasteiger partial charge is 0.399 e. The molecule has 2 aliphatic heterocycles. The fourth-order valence-corrected chi connectivity index (χ4v) is 3.38. The summed E-state index contributed by atoms with van der Waals surface area (Å²) in [5.74, 6) is 0.638. The summed E-state index contributed by atoms with van der Waals surface area (Å²) in [4.78, 5) is 2.58. The lowest BCUT2D eigenvalue weighted by Gasteiger charge is -2.34. The Morgan fingerprint density at radius 2 is 2.21 bits per heavy atom. The van der Waals surface area contributed by atoms with Gasteiger partial charge in [0.05, 0.1) is 6.10 Å². The summed E-state index contributed by atoms with van der Waals surface area (Å²) in [5.41, 5.74) is 8.18. The second-order valence-electron chi connectivity index (χ2n) is 5.90. The molecule has 2 atom stereocenters. The predicted molar refractivity (Wildman–Crippen MR) is 78.2 cm³/mol. The number of anilines is 1. The van der Waals surface area contributed by atoms with Gasteiger partial charge in [0.15, 0.2) is 0 Å². The second kappa shape index (κ2) is 5.93. The lowest BCUT2D eigenvalue weighted by molar-refractivity contribution is 0.0632. The molecule has 3 rings (SSSR count). The van der Waals surface area contributed by atoms with Gasteiger partial charge in [0.1, 0.15) is 0 Å². The van der Waals surface area contributed by atoms with E-state index >= 15 is 0 Å². The molecular formula is C16H24N2O. The van der Waals surface area contributed by atoms with Crippen LogP contribution in [0.25, 0.3) is 0 Å². The van der Waals surface area contributed by atoms with E-state index in [2.05, 4.69) is 23.1 Å². The summed E-state index contributed by atoms with van der Waals surface area (Å²) in [7, 11) is 0. The number of piperidine rings is 1. The molecule has 1 aromatic carbocycles. The molecule has 2 fully saturated rings. The van der Waals surface area contributed by atoms with Crippen molar-refractivity contribution in [2.75, 3.05) is 32.0 Å². The van der Waals surface area contributed by atoms with Gasteiger partial charge in [-0.2, -0.15) is 0 Å². The topological polar surface area (TPSA) is 38.5 Å². The first-order valence-corrected chi connectivity index (χ1v) is 7.50. The summed E-state index contributed by atoms with van der Waals surface area (Å²) >= 11 is 0. The third-order valence-corrected chi connectivity index (χ3v) is 4.37. The van der Waals surface area contributed by atoms with Gasteiger partial charge in [-0.1, -0.05) is 12.1 Å². The molecule has 2 heterocycles. The van der Waals surface area contributed by atoms with Gasteiger partial charge in [0.2, 0.25) is 0 Å². The first kappa shape index (κ1) is 12.9. The summed E-state index contributed by atoms with van der Waals surface area (Å²) in [5, 5.41) is 0. The highest BCUT2D eigenvalue weighted by molar-refractivity contribution is 5.42. The number of nitrogens with zero attached hydrogens (tertiary/aromatic N) is 1. The molecule has 1 aromatic rings. The molecule has 2 unspecified atom stereocenters. The fraction of sp³-hybridized carbons (Fsp3) is 0.625. The maximum Gasteiger partial charge on any atom is 0.0702 e. The average Bonchev–Trinajstić information content (AvgIpc) is 2.92. The molecule has 2 saturated heterocycles. The number of ether oxygens (including phenoxy) is 1. The minimum Gasteiger partial charge on any atom is -0.399 e. The number of benzene rings is 1. The molecule has 2 N–H and O–H groups in total. The van der Waals surface area contributed by atoms with E-state index in [1.54, 1.807) is 0 Å². The average molecular weight is 260 g/mol. The van der Waals surface area contributed by atoms with E-state index < -0.39 is 0 Å². The predicted octanol–water partition coefficient (Wildman–Crippen LogP) is 2.63. The molecule has 19 heavy (non-hydrogen) atoms. The third kappa shape index (κ3) is 3.28. The van der Waals surface area contributed by atoms with Crippen LogP contribution in [0.5, 0.6) is 0 Å². The first-order valence-electron chi connectivity index (χ1n) is 7.50. The summed E-state index contributed by atoms with van der Waals surface area (Å²) in [6.07, 6.45) is 5.51. The SMILES string of the molecule is Nc1cccc(C2CCCN(CC3CCCO3)C2)c1. The lowest BCUT2D eigenvalue weighted by atomic mass is 9.90. The van der Waals surface area contributed by atoms with Crippen molar-refractivity contribution in [3.8, 4) is 0 Å². The van der Waals surface area contributed by atoms with Crippen LogP contribution in [0.1, 0.15) is 37.2 Å². The van der Waals surface area contributed by atoms with Crippen LogP contribution in [-0.2, 0) is 4.74 Å². The van der Waals surface area contributed by atoms with E-state index in [1.165, 1.54) is 37.8 Å². The van der Waals surface area contributed by atoms with E-state index in [0.717, 1.165) is 25.4 Å². The summed E-state index contributed by atoms with van der Waals surface area (Å²) in [6, 6.07) is 8.40. The van der Waals surface area contributed by atoms with Gasteiger partial charge in [-0.25, -0.2) is 0 Å². The minimum absolute atomic E-state index is 0.472. The van der Waals surface area contributed by atoms with Gasteiger partial charge in [-0.05, 0) is 55.8 Å². The van der Waals surface area contributed by atoms with Crippen LogP contribution in [-0.4, -0.2) is 37.2 Å². The van der Waals surface area contributed by atoms with Crippen LogP contribution in [0.15, 0.2) is 24.3 Å². The highest BCUT2D eigenvalue weighted by atomic mass is 16.5. The van der Waals surface area contributed by atoms with Crippen molar-refractivity contribution in [3.05, 3.63) is 29.8 Å². The number of hydrogen-bond donors (Lipinski definition) is 1. The second-order valence-corrected chi connectivity index (χ2v) is 5.90. The molecule has 104 valence electrons. The smallest absolute Gasteiger partial charge is 0.0702 e. The van der Waals surface area contributed by atoms with Crippen molar-refractivity contribution < 1.29 is 4.74 Å². The van der Waals surface area contributed by atoms with E-state index in [-0.39, 0.29) is 0 Å². The van der Waals surface area contributed by atoms with Crippen LogP contribution in [0.4, 0.5) is 5.69 Å². The monoisotopic (exact) mass is 260 g/mol. The van der Waals surface area contributed by atoms with Crippen molar-refractivity contribution in [1.29, 1.82) is 0 Å². The quantitative estimate of drug-likeness (QED) is 0.849. The fourth-order valence-electron chi connectivity index (χ4n) is 3.38. The Labute approximate surface area is 115 Å². The van der Waals surface area contributed by atoms with Crippen molar-refractivity contribution in [2.24, 2.45) is 0 Å². The van der Waals surface area contributed by atoms with E-state index in [9.17, 15) is 0 Å². The normalized spacial score (nSPS) is 28.6. The Morgan fingerprint density at radius 1 is 1.26 bits per heavy atom. The van der Waals surface area contributed by atoms with E-state index in [4.69, 9.17) is 10.5 Å². The molecule has 2 aliphatic rings. The maximum absolute atomic E-state index is 5.90. The van der Waals surface area contributed by atoms with Crippen molar-refractivity contribution in [2.45, 2.75) is 37.7 Å². The van der Waals surface area contributed by atoms with Gasteiger partial charge < -0.3 is 15.4 Å². The Morgan fingerprint density at radius 3 is 3.00 bits per heavy atom. The van der Waals surface area contributed by atoms with E-state index in [1.807, 2.05) is 6.07 Å². The zero-order valence-corrected chi connectivity index (χ0v) is 11.6. The van der Waals surface area contributed by atoms with Gasteiger partial charge in [0, 0.05) is 25.4 Å². The van der Waals surface area contributed by atoms with Crippen molar-refractivity contribution in [3.63, 3.8) is 0 Å². The number of hydrogen-bond acceptors (Lipinski definition) is 3. The molecule has 0 radical (unpaired) electrons. The highest BCUT2D eigenvalue weighted by Crippen LogP contribution is 2.28. The Kier molecular flexibility index (Phi) is 4.04. The first-order chi connectivity index (χ1) is 9.31. The molecule has 0 aliphatic carbocycles. The van der Waals surface area contributed by atoms with Gasteiger partial charge in [-0.15, -0.1) is 0 Å². The number of likely N-dealkylation sites (tertiary alicyclic amines) is 1.